The molecule has 0 aromatic heterocycles. The predicted molar refractivity (Wildman–Crippen MR) is 153 cm³/mol. The molecule has 1 N–H and O–H groups in total. The van der Waals surface area contributed by atoms with E-state index in [9.17, 15) is 5.11 Å². The smallest absolute Gasteiger partial charge is 1.00 e. The molecule has 40 heavy (non-hydrogen) atoms. The third-order valence-electron chi connectivity index (χ3n) is 7.03. The van der Waals surface area contributed by atoms with Crippen molar-refractivity contribution in [3.05, 3.63) is 168 Å². The van der Waals surface area contributed by atoms with E-state index in [1.165, 1.54) is 44.2 Å². The van der Waals surface area contributed by atoms with E-state index in [0.717, 1.165) is 17.5 Å². The summed E-state index contributed by atoms with van der Waals surface area (Å²) in [5.41, 5.74) is 9.97. The van der Waals surface area contributed by atoms with Crippen LogP contribution in [0.25, 0.3) is 33.0 Å². The van der Waals surface area contributed by atoms with Crippen molar-refractivity contribution in [1.29, 1.82) is 0 Å². The first-order valence-electron chi connectivity index (χ1n) is 12.7. The molecule has 4 heteroatoms. The molecular formula is C36H27Cl2OTi. The van der Waals surface area contributed by atoms with Gasteiger partial charge in [0.15, 0.2) is 0 Å². The van der Waals surface area contributed by atoms with Gasteiger partial charge in [0.25, 0.3) is 0 Å². The number of halogens is 2. The van der Waals surface area contributed by atoms with E-state index in [4.69, 9.17) is 0 Å². The Kier molecular flexibility index (Phi) is 11.3. The van der Waals surface area contributed by atoms with E-state index in [-0.39, 0.29) is 46.5 Å². The Balaban J connectivity index is 0.000000227. The zero-order valence-electron chi connectivity index (χ0n) is 21.8. The second kappa shape index (κ2) is 14.5. The Hall–Kier alpha value is -3.17. The first-order valence-corrected chi connectivity index (χ1v) is 12.7. The standard InChI is InChI=1S/C23H15.C13H12O.2ClH.Ti/c1-2-7-17-14-19(13-12-16(17)6-1)21-10-5-11-22-20-9-4-3-8-18(20)15-23(21)22;14-13(11-7-3-1-4-8-11)12-9-5-2-6-10-12;;;/h1-13H,15H2;1-10,13-14H;2*1H;/q-1;;;;+3/p-2. The molecule has 0 bridgehead atoms. The van der Waals surface area contributed by atoms with Crippen LogP contribution in [0.3, 0.4) is 0 Å². The quantitative estimate of drug-likeness (QED) is 0.247. The van der Waals surface area contributed by atoms with Gasteiger partial charge in [-0.15, -0.1) is 35.2 Å². The van der Waals surface area contributed by atoms with Crippen LogP contribution in [0.1, 0.15) is 28.4 Å². The maximum absolute atomic E-state index is 9.99. The molecule has 7 rings (SSSR count). The summed E-state index contributed by atoms with van der Waals surface area (Å²) in [7, 11) is 0. The summed E-state index contributed by atoms with van der Waals surface area (Å²) >= 11 is 0. The van der Waals surface area contributed by atoms with E-state index in [2.05, 4.69) is 84.9 Å². The van der Waals surface area contributed by atoms with Crippen molar-refractivity contribution in [2.75, 3.05) is 0 Å². The maximum atomic E-state index is 9.99. The Morgan fingerprint density at radius 3 is 1.77 bits per heavy atom. The van der Waals surface area contributed by atoms with Crippen LogP contribution in [0.5, 0.6) is 0 Å². The fraction of sp³-hybridized carbons (Fsp3) is 0.0556. The number of benzene rings is 6. The molecule has 1 radical (unpaired) electrons. The van der Waals surface area contributed by atoms with Crippen LogP contribution < -0.4 is 24.8 Å². The molecular weight excluding hydrogens is 567 g/mol. The van der Waals surface area contributed by atoms with Gasteiger partial charge in [-0.05, 0) is 34.2 Å². The van der Waals surface area contributed by atoms with E-state index in [1.54, 1.807) is 0 Å². The molecule has 0 spiro atoms. The summed E-state index contributed by atoms with van der Waals surface area (Å²) in [4.78, 5) is 0. The van der Waals surface area contributed by atoms with Crippen LogP contribution in [0, 0.1) is 6.07 Å². The van der Waals surface area contributed by atoms with Crippen molar-refractivity contribution < 1.29 is 51.6 Å². The molecule has 0 saturated heterocycles. The minimum absolute atomic E-state index is 0. The molecule has 0 aliphatic heterocycles. The predicted octanol–water partition coefficient (Wildman–Crippen LogP) is 2.65. The number of fused-ring (bicyclic) bond motifs is 4. The van der Waals surface area contributed by atoms with Crippen LogP contribution in [-0.4, -0.2) is 5.11 Å². The van der Waals surface area contributed by atoms with Gasteiger partial charge in [-0.3, -0.25) is 0 Å². The van der Waals surface area contributed by atoms with Crippen LogP contribution in [-0.2, 0) is 28.1 Å². The van der Waals surface area contributed by atoms with Gasteiger partial charge in [-0.2, -0.15) is 0 Å². The van der Waals surface area contributed by atoms with Gasteiger partial charge in [0.1, 0.15) is 6.10 Å². The second-order valence-corrected chi connectivity index (χ2v) is 9.35. The van der Waals surface area contributed by atoms with Gasteiger partial charge >= 0.3 is 21.7 Å². The zero-order chi connectivity index (χ0) is 25.0. The molecule has 0 saturated carbocycles. The van der Waals surface area contributed by atoms with Crippen molar-refractivity contribution in [2.45, 2.75) is 12.5 Å². The van der Waals surface area contributed by atoms with E-state index in [0.29, 0.717) is 0 Å². The fourth-order valence-electron chi connectivity index (χ4n) is 5.15. The molecule has 6 aromatic carbocycles. The topological polar surface area (TPSA) is 20.2 Å². The molecule has 0 fully saturated rings. The molecule has 0 unspecified atom stereocenters. The number of hydrogen-bond acceptors (Lipinski definition) is 1. The van der Waals surface area contributed by atoms with Gasteiger partial charge in [0.2, 0.25) is 0 Å². The van der Waals surface area contributed by atoms with Gasteiger partial charge in [-0.25, -0.2) is 0 Å². The van der Waals surface area contributed by atoms with Crippen molar-refractivity contribution in [3.8, 4) is 22.3 Å². The summed E-state index contributed by atoms with van der Waals surface area (Å²) in [5.74, 6) is 0. The normalized spacial score (nSPS) is 10.7. The molecule has 6 aromatic rings. The Bertz CT molecular complexity index is 1630. The minimum Gasteiger partial charge on any atom is -1.00 e. The first kappa shape index (κ1) is 31.4. The number of rotatable bonds is 3. The average Bonchev–Trinajstić information content (AvgIpc) is 3.37. The van der Waals surface area contributed by atoms with Crippen molar-refractivity contribution in [1.82, 2.24) is 0 Å². The Morgan fingerprint density at radius 2 is 1.07 bits per heavy atom. The van der Waals surface area contributed by atoms with Crippen molar-refractivity contribution in [3.63, 3.8) is 0 Å². The third-order valence-corrected chi connectivity index (χ3v) is 7.03. The molecule has 0 heterocycles. The molecule has 195 valence electrons. The summed E-state index contributed by atoms with van der Waals surface area (Å²) in [6.07, 6.45) is 0.500. The van der Waals surface area contributed by atoms with Gasteiger partial charge < -0.3 is 29.9 Å². The fourth-order valence-corrected chi connectivity index (χ4v) is 5.15. The molecule has 1 nitrogen and oxygen atoms in total. The third kappa shape index (κ3) is 6.58. The van der Waals surface area contributed by atoms with Crippen LogP contribution >= 0.6 is 0 Å². The van der Waals surface area contributed by atoms with Crippen LogP contribution in [0.15, 0.2) is 140 Å². The minimum atomic E-state index is -0.516. The van der Waals surface area contributed by atoms with Gasteiger partial charge in [0, 0.05) is 0 Å². The molecule has 1 aliphatic carbocycles. The Morgan fingerprint density at radius 1 is 0.525 bits per heavy atom. The SMILES string of the molecule is OC(c1ccccc1)c1ccccc1.[Cl-].[Cl-].[Ti+3].[c-]1c(-c2cccc3c2Cc2ccccc2-3)ccc2ccccc12. The molecule has 1 aliphatic rings. The van der Waals surface area contributed by atoms with Crippen molar-refractivity contribution in [2.24, 2.45) is 0 Å². The number of aliphatic hydroxyl groups is 1. The van der Waals surface area contributed by atoms with Crippen LogP contribution in [0.2, 0.25) is 0 Å². The summed E-state index contributed by atoms with van der Waals surface area (Å²) in [5, 5.41) is 12.4. The summed E-state index contributed by atoms with van der Waals surface area (Å²) < 4.78 is 0. The largest absolute Gasteiger partial charge is 3.00 e. The first-order chi connectivity index (χ1) is 18.3. The van der Waals surface area contributed by atoms with Crippen LogP contribution in [0.4, 0.5) is 0 Å². The number of aliphatic hydroxyl groups excluding tert-OH is 1. The van der Waals surface area contributed by atoms with Gasteiger partial charge in [0.05, 0.1) is 0 Å². The van der Waals surface area contributed by atoms with E-state index in [1.807, 2.05) is 60.7 Å². The molecule has 0 atom stereocenters. The van der Waals surface area contributed by atoms with Crippen molar-refractivity contribution >= 4 is 10.8 Å². The van der Waals surface area contributed by atoms with E-state index >= 15 is 0 Å². The maximum Gasteiger partial charge on any atom is 3.00 e. The molecule has 0 amide bonds. The van der Waals surface area contributed by atoms with E-state index < -0.39 is 6.10 Å². The zero-order valence-corrected chi connectivity index (χ0v) is 24.8. The Labute approximate surface area is 263 Å². The number of hydrogen-bond donors (Lipinski definition) is 1. The monoisotopic (exact) mass is 593 g/mol. The van der Waals surface area contributed by atoms with Gasteiger partial charge in [-0.1, -0.05) is 138 Å². The average molecular weight is 594 g/mol. The summed E-state index contributed by atoms with van der Waals surface area (Å²) in [6.45, 7) is 0. The second-order valence-electron chi connectivity index (χ2n) is 9.35. The summed E-state index contributed by atoms with van der Waals surface area (Å²) in [6, 6.07) is 51.1.